The van der Waals surface area contributed by atoms with Gasteiger partial charge in [-0.1, -0.05) is 25.5 Å². The van der Waals surface area contributed by atoms with Crippen LogP contribution in [0.3, 0.4) is 0 Å². The molecule has 1 saturated heterocycles. The molecule has 7 heteroatoms. The summed E-state index contributed by atoms with van der Waals surface area (Å²) in [4.78, 5) is 30.0. The highest BCUT2D eigenvalue weighted by molar-refractivity contribution is 5.98. The Labute approximate surface area is 183 Å². The van der Waals surface area contributed by atoms with Gasteiger partial charge in [0.2, 0.25) is 5.91 Å². The van der Waals surface area contributed by atoms with Gasteiger partial charge < -0.3 is 23.7 Å². The predicted octanol–water partition coefficient (Wildman–Crippen LogP) is 3.74. The van der Waals surface area contributed by atoms with E-state index in [0.717, 1.165) is 32.3 Å². The average Bonchev–Trinajstić information content (AvgIpc) is 3.50. The molecule has 1 aromatic heterocycles. The van der Waals surface area contributed by atoms with Crippen LogP contribution in [0.2, 0.25) is 0 Å². The molecule has 0 N–H and O–H groups in total. The molecule has 1 aliphatic rings. The van der Waals surface area contributed by atoms with E-state index in [2.05, 4.69) is 6.92 Å². The number of carbonyl (C=O) groups is 2. The third kappa shape index (κ3) is 6.34. The summed E-state index contributed by atoms with van der Waals surface area (Å²) in [6.07, 6.45) is 5.30. The van der Waals surface area contributed by atoms with Gasteiger partial charge >= 0.3 is 0 Å². The van der Waals surface area contributed by atoms with Gasteiger partial charge in [-0.05, 0) is 43.5 Å². The number of amides is 2. The zero-order valence-electron chi connectivity index (χ0n) is 18.4. The fraction of sp³-hybridized carbons (Fsp3) is 0.500. The second-order valence-electron chi connectivity index (χ2n) is 7.77. The van der Waals surface area contributed by atoms with Crippen molar-refractivity contribution in [3.05, 3.63) is 54.0 Å². The molecule has 0 spiro atoms. The van der Waals surface area contributed by atoms with E-state index in [-0.39, 0.29) is 24.5 Å². The number of benzene rings is 1. The van der Waals surface area contributed by atoms with Gasteiger partial charge in [-0.2, -0.15) is 0 Å². The summed E-state index contributed by atoms with van der Waals surface area (Å²) in [7, 11) is 1.54. The molecular formula is C24H32N2O5. The maximum absolute atomic E-state index is 13.3. The van der Waals surface area contributed by atoms with E-state index in [1.54, 1.807) is 41.4 Å². The summed E-state index contributed by atoms with van der Waals surface area (Å²) < 4.78 is 16.6. The number of unbranched alkanes of at least 4 members (excludes halogenated alkanes) is 1. The van der Waals surface area contributed by atoms with Crippen LogP contribution in [0.15, 0.2) is 47.1 Å². The third-order valence-corrected chi connectivity index (χ3v) is 5.46. The first-order valence-electron chi connectivity index (χ1n) is 11.0. The number of hydrogen-bond donors (Lipinski definition) is 0. The standard InChI is InChI=1S/C24H32N2O5/c1-3-4-13-25(24(28)21-11-5-6-12-22(21)29-2)18-23(27)26(16-19-9-7-14-30-19)17-20-10-8-15-31-20/h5-7,9,11-12,14,20H,3-4,8,10,13,15-18H2,1-2H3/t20-/m1/s1. The summed E-state index contributed by atoms with van der Waals surface area (Å²) in [6, 6.07) is 10.8. The van der Waals surface area contributed by atoms with Crippen molar-refractivity contribution in [2.24, 2.45) is 0 Å². The summed E-state index contributed by atoms with van der Waals surface area (Å²) in [5, 5.41) is 0. The van der Waals surface area contributed by atoms with Gasteiger partial charge in [0.25, 0.3) is 5.91 Å². The number of methoxy groups -OCH3 is 1. The Kier molecular flexibility index (Phi) is 8.53. The maximum atomic E-state index is 13.3. The Morgan fingerprint density at radius 1 is 1.16 bits per heavy atom. The lowest BCUT2D eigenvalue weighted by Gasteiger charge is -2.29. The summed E-state index contributed by atoms with van der Waals surface area (Å²) in [5.41, 5.74) is 0.464. The fourth-order valence-corrected chi connectivity index (χ4v) is 3.74. The van der Waals surface area contributed by atoms with Crippen molar-refractivity contribution < 1.29 is 23.5 Å². The van der Waals surface area contributed by atoms with Crippen LogP contribution in [0.5, 0.6) is 5.75 Å². The minimum Gasteiger partial charge on any atom is -0.496 e. The second kappa shape index (κ2) is 11.6. The number of hydrogen-bond acceptors (Lipinski definition) is 5. The van der Waals surface area contributed by atoms with E-state index in [9.17, 15) is 9.59 Å². The number of nitrogens with zero attached hydrogens (tertiary/aromatic N) is 2. The van der Waals surface area contributed by atoms with Crippen LogP contribution in [0, 0.1) is 0 Å². The van der Waals surface area contributed by atoms with Gasteiger partial charge in [-0.3, -0.25) is 9.59 Å². The van der Waals surface area contributed by atoms with Crippen molar-refractivity contribution >= 4 is 11.8 Å². The van der Waals surface area contributed by atoms with Crippen molar-refractivity contribution in [1.82, 2.24) is 9.80 Å². The van der Waals surface area contributed by atoms with Gasteiger partial charge in [0, 0.05) is 19.7 Å². The number of rotatable bonds is 11. The van der Waals surface area contributed by atoms with Crippen molar-refractivity contribution in [3.8, 4) is 5.75 Å². The molecule has 2 heterocycles. The molecule has 168 valence electrons. The average molecular weight is 429 g/mol. The van der Waals surface area contributed by atoms with Crippen LogP contribution < -0.4 is 4.74 Å². The molecule has 1 atom stereocenters. The van der Waals surface area contributed by atoms with Gasteiger partial charge in [0.1, 0.15) is 18.1 Å². The Hall–Kier alpha value is -2.80. The summed E-state index contributed by atoms with van der Waals surface area (Å²) in [5.74, 6) is 0.899. The summed E-state index contributed by atoms with van der Waals surface area (Å²) >= 11 is 0. The second-order valence-corrected chi connectivity index (χ2v) is 7.77. The van der Waals surface area contributed by atoms with Crippen LogP contribution in [0.1, 0.15) is 48.7 Å². The molecule has 0 saturated carbocycles. The van der Waals surface area contributed by atoms with Gasteiger partial charge in [-0.25, -0.2) is 0 Å². The van der Waals surface area contributed by atoms with Gasteiger partial charge in [-0.15, -0.1) is 0 Å². The van der Waals surface area contributed by atoms with Gasteiger partial charge in [0.05, 0.1) is 31.6 Å². The van der Waals surface area contributed by atoms with Crippen LogP contribution in [0.4, 0.5) is 0 Å². The normalized spacial score (nSPS) is 15.6. The van der Waals surface area contributed by atoms with Crippen LogP contribution in [-0.2, 0) is 16.1 Å². The largest absolute Gasteiger partial charge is 0.496 e. The maximum Gasteiger partial charge on any atom is 0.258 e. The summed E-state index contributed by atoms with van der Waals surface area (Å²) in [6.45, 7) is 4.15. The van der Waals surface area contributed by atoms with E-state index >= 15 is 0 Å². The monoisotopic (exact) mass is 428 g/mol. The molecule has 1 aromatic carbocycles. The Bertz CT molecular complexity index is 830. The van der Waals surface area contributed by atoms with Gasteiger partial charge in [0.15, 0.2) is 0 Å². The van der Waals surface area contributed by atoms with E-state index in [1.165, 1.54) is 0 Å². The lowest BCUT2D eigenvalue weighted by atomic mass is 10.1. The predicted molar refractivity (Wildman–Crippen MR) is 117 cm³/mol. The lowest BCUT2D eigenvalue weighted by Crippen LogP contribution is -2.45. The third-order valence-electron chi connectivity index (χ3n) is 5.46. The molecule has 0 bridgehead atoms. The molecule has 31 heavy (non-hydrogen) atoms. The van der Waals surface area contributed by atoms with Crippen molar-refractivity contribution in [1.29, 1.82) is 0 Å². The first kappa shape index (κ1) is 22.9. The van der Waals surface area contributed by atoms with Crippen LogP contribution in [-0.4, -0.2) is 61.1 Å². The van der Waals surface area contributed by atoms with Crippen molar-refractivity contribution in [3.63, 3.8) is 0 Å². The Balaban J connectivity index is 1.76. The topological polar surface area (TPSA) is 72.2 Å². The molecule has 7 nitrogen and oxygen atoms in total. The first-order valence-corrected chi connectivity index (χ1v) is 11.0. The molecular weight excluding hydrogens is 396 g/mol. The zero-order chi connectivity index (χ0) is 22.1. The molecule has 0 aliphatic carbocycles. The first-order chi connectivity index (χ1) is 15.1. The fourth-order valence-electron chi connectivity index (χ4n) is 3.74. The SMILES string of the molecule is CCCCN(CC(=O)N(Cc1ccco1)C[C@H]1CCCO1)C(=O)c1ccccc1OC. The number of para-hydroxylation sites is 1. The molecule has 2 amide bonds. The number of ether oxygens (including phenoxy) is 2. The lowest BCUT2D eigenvalue weighted by molar-refractivity contribution is -0.134. The Morgan fingerprint density at radius 3 is 2.68 bits per heavy atom. The van der Waals surface area contributed by atoms with Crippen molar-refractivity contribution in [2.45, 2.75) is 45.3 Å². The molecule has 2 aromatic rings. The quantitative estimate of drug-likeness (QED) is 0.545. The van der Waals surface area contributed by atoms with E-state index in [0.29, 0.717) is 36.7 Å². The van der Waals surface area contributed by atoms with E-state index in [4.69, 9.17) is 13.9 Å². The molecule has 1 aliphatic heterocycles. The van der Waals surface area contributed by atoms with E-state index < -0.39 is 0 Å². The van der Waals surface area contributed by atoms with Crippen LogP contribution in [0.25, 0.3) is 0 Å². The molecule has 0 radical (unpaired) electrons. The molecule has 3 rings (SSSR count). The zero-order valence-corrected chi connectivity index (χ0v) is 18.4. The number of furan rings is 1. The molecule has 1 fully saturated rings. The Morgan fingerprint density at radius 2 is 2.00 bits per heavy atom. The minimum absolute atomic E-state index is 0.00428. The minimum atomic E-state index is -0.200. The van der Waals surface area contributed by atoms with Crippen molar-refractivity contribution in [2.75, 3.05) is 33.4 Å². The van der Waals surface area contributed by atoms with E-state index in [1.807, 2.05) is 18.2 Å². The smallest absolute Gasteiger partial charge is 0.258 e. The number of carbonyl (C=O) groups excluding carboxylic acids is 2. The highest BCUT2D eigenvalue weighted by Gasteiger charge is 2.27. The molecule has 0 unspecified atom stereocenters. The highest BCUT2D eigenvalue weighted by atomic mass is 16.5. The van der Waals surface area contributed by atoms with Crippen LogP contribution >= 0.6 is 0 Å². The highest BCUT2D eigenvalue weighted by Crippen LogP contribution is 2.21.